The number of benzene rings is 2. The summed E-state index contributed by atoms with van der Waals surface area (Å²) < 4.78 is 5.40. The van der Waals surface area contributed by atoms with Crippen LogP contribution in [-0.4, -0.2) is 35.2 Å². The first kappa shape index (κ1) is 18.9. The number of fused-ring (bicyclic) bond motifs is 1. The van der Waals surface area contributed by atoms with E-state index in [-0.39, 0.29) is 23.0 Å². The monoisotopic (exact) mass is 382 g/mol. The van der Waals surface area contributed by atoms with E-state index in [2.05, 4.69) is 20.8 Å². The van der Waals surface area contributed by atoms with Crippen molar-refractivity contribution in [2.45, 2.75) is 6.92 Å². The third-order valence-electron chi connectivity index (χ3n) is 3.94. The van der Waals surface area contributed by atoms with Crippen LogP contribution in [0.5, 0.6) is 5.75 Å². The minimum Gasteiger partial charge on any atom is -0.493 e. The van der Waals surface area contributed by atoms with Gasteiger partial charge in [0.05, 0.1) is 35.2 Å². The number of aromatic amines is 2. The Kier molecular flexibility index (Phi) is 5.54. The Labute approximate surface area is 158 Å². The normalized spacial score (nSPS) is 10.5. The van der Waals surface area contributed by atoms with Gasteiger partial charge in [-0.1, -0.05) is 18.2 Å². The number of para-hydroxylation sites is 1. The summed E-state index contributed by atoms with van der Waals surface area (Å²) in [6.45, 7) is 1.88. The largest absolute Gasteiger partial charge is 0.493 e. The molecule has 0 saturated heterocycles. The van der Waals surface area contributed by atoms with Gasteiger partial charge >= 0.3 is 0 Å². The lowest BCUT2D eigenvalue weighted by atomic mass is 10.1. The summed E-state index contributed by atoms with van der Waals surface area (Å²) in [4.78, 5) is 48.4. The summed E-state index contributed by atoms with van der Waals surface area (Å²) in [5.74, 6) is -0.594. The highest BCUT2D eigenvalue weighted by molar-refractivity contribution is 6.04. The van der Waals surface area contributed by atoms with Crippen LogP contribution in [0, 0.1) is 0 Å². The van der Waals surface area contributed by atoms with Crippen LogP contribution in [0.4, 0.5) is 5.69 Å². The first-order valence-electron chi connectivity index (χ1n) is 8.54. The first-order chi connectivity index (χ1) is 13.5. The van der Waals surface area contributed by atoms with Crippen molar-refractivity contribution in [1.82, 2.24) is 15.5 Å². The molecule has 0 bridgehead atoms. The van der Waals surface area contributed by atoms with Crippen LogP contribution in [-0.2, 0) is 4.79 Å². The molecule has 9 nitrogen and oxygen atoms in total. The molecule has 2 aromatic carbocycles. The molecule has 0 aliphatic carbocycles. The van der Waals surface area contributed by atoms with E-state index in [1.165, 1.54) is 12.1 Å². The molecular formula is C19H18N4O5. The first-order valence-corrected chi connectivity index (χ1v) is 8.54. The van der Waals surface area contributed by atoms with Gasteiger partial charge in [-0.05, 0) is 31.2 Å². The molecule has 3 rings (SSSR count). The average Bonchev–Trinajstić information content (AvgIpc) is 2.70. The van der Waals surface area contributed by atoms with E-state index in [9.17, 15) is 19.2 Å². The molecule has 2 amide bonds. The Morgan fingerprint density at radius 1 is 1.00 bits per heavy atom. The second-order valence-electron chi connectivity index (χ2n) is 5.80. The topological polar surface area (TPSA) is 133 Å². The number of anilines is 1. The molecule has 0 spiro atoms. The lowest BCUT2D eigenvalue weighted by Crippen LogP contribution is -2.33. The smallest absolute Gasteiger partial charge is 0.272 e. The van der Waals surface area contributed by atoms with Crippen molar-refractivity contribution in [3.05, 3.63) is 68.7 Å². The van der Waals surface area contributed by atoms with Crippen molar-refractivity contribution >= 4 is 28.3 Å². The Morgan fingerprint density at radius 3 is 2.54 bits per heavy atom. The van der Waals surface area contributed by atoms with Gasteiger partial charge in [-0.25, -0.2) is 0 Å². The number of H-pyrrole nitrogens is 2. The molecule has 0 unspecified atom stereocenters. The van der Waals surface area contributed by atoms with E-state index < -0.39 is 22.9 Å². The maximum atomic E-state index is 12.3. The highest BCUT2D eigenvalue weighted by Crippen LogP contribution is 2.18. The van der Waals surface area contributed by atoms with Crippen LogP contribution in [0.15, 0.2) is 52.1 Å². The molecule has 4 N–H and O–H groups in total. The summed E-state index contributed by atoms with van der Waals surface area (Å²) in [5, 5.41) is 9.70. The summed E-state index contributed by atoms with van der Waals surface area (Å²) in [6.07, 6.45) is 0. The number of rotatable bonds is 6. The van der Waals surface area contributed by atoms with E-state index in [4.69, 9.17) is 4.74 Å². The fourth-order valence-corrected chi connectivity index (χ4v) is 2.72. The zero-order chi connectivity index (χ0) is 20.1. The SMILES string of the molecule is CCOc1ccccc1C(=O)NCC(=O)Nc1cccc2c(=O)[nH][nH]c(=O)c12. The van der Waals surface area contributed by atoms with Crippen LogP contribution in [0.25, 0.3) is 10.8 Å². The molecule has 9 heteroatoms. The second-order valence-corrected chi connectivity index (χ2v) is 5.80. The predicted molar refractivity (Wildman–Crippen MR) is 104 cm³/mol. The second kappa shape index (κ2) is 8.21. The van der Waals surface area contributed by atoms with Gasteiger partial charge in [0.2, 0.25) is 5.91 Å². The minimum atomic E-state index is -0.547. The standard InChI is InChI=1S/C19H18N4O5/c1-2-28-14-9-4-3-6-11(14)17(25)20-10-15(24)21-13-8-5-7-12-16(13)19(27)23-22-18(12)26/h3-9H,2,10H2,1H3,(H,20,25)(H,21,24)(H,22,26)(H,23,27). The molecule has 1 aromatic heterocycles. The van der Waals surface area contributed by atoms with Crippen molar-refractivity contribution < 1.29 is 14.3 Å². The van der Waals surface area contributed by atoms with Crippen molar-refractivity contribution in [3.63, 3.8) is 0 Å². The Bertz CT molecular complexity index is 1150. The number of aromatic nitrogens is 2. The molecule has 0 fully saturated rings. The van der Waals surface area contributed by atoms with Crippen molar-refractivity contribution in [2.75, 3.05) is 18.5 Å². The van der Waals surface area contributed by atoms with Gasteiger partial charge in [0.25, 0.3) is 17.0 Å². The average molecular weight is 382 g/mol. The molecule has 0 aliphatic rings. The Morgan fingerprint density at radius 2 is 1.75 bits per heavy atom. The third-order valence-corrected chi connectivity index (χ3v) is 3.94. The third kappa shape index (κ3) is 3.93. The zero-order valence-electron chi connectivity index (χ0n) is 15.0. The number of hydrogen-bond acceptors (Lipinski definition) is 5. The summed E-state index contributed by atoms with van der Waals surface area (Å²) in [7, 11) is 0. The summed E-state index contributed by atoms with van der Waals surface area (Å²) in [5.41, 5.74) is -0.532. The molecule has 0 radical (unpaired) electrons. The number of hydrogen-bond donors (Lipinski definition) is 4. The molecular weight excluding hydrogens is 364 g/mol. The lowest BCUT2D eigenvalue weighted by molar-refractivity contribution is -0.115. The Hall–Kier alpha value is -3.88. The number of carbonyl (C=O) groups is 2. The fraction of sp³-hybridized carbons (Fsp3) is 0.158. The van der Waals surface area contributed by atoms with E-state index in [0.717, 1.165) is 0 Å². The highest BCUT2D eigenvalue weighted by Gasteiger charge is 2.14. The van der Waals surface area contributed by atoms with Gasteiger partial charge in [0.1, 0.15) is 5.75 Å². The van der Waals surface area contributed by atoms with E-state index >= 15 is 0 Å². The van der Waals surface area contributed by atoms with Crippen molar-refractivity contribution in [1.29, 1.82) is 0 Å². The van der Waals surface area contributed by atoms with Crippen LogP contribution in [0.2, 0.25) is 0 Å². The molecule has 144 valence electrons. The highest BCUT2D eigenvalue weighted by atomic mass is 16.5. The molecule has 0 saturated carbocycles. The van der Waals surface area contributed by atoms with E-state index in [1.54, 1.807) is 37.3 Å². The van der Waals surface area contributed by atoms with Crippen molar-refractivity contribution in [3.8, 4) is 5.75 Å². The number of nitrogens with one attached hydrogen (secondary N) is 4. The molecule has 0 atom stereocenters. The fourth-order valence-electron chi connectivity index (χ4n) is 2.72. The number of amides is 2. The van der Waals surface area contributed by atoms with Crippen LogP contribution >= 0.6 is 0 Å². The predicted octanol–water partition coefficient (Wildman–Crippen LogP) is 0.984. The van der Waals surface area contributed by atoms with Gasteiger partial charge in [-0.15, -0.1) is 0 Å². The van der Waals surface area contributed by atoms with Crippen LogP contribution < -0.4 is 26.5 Å². The van der Waals surface area contributed by atoms with Gasteiger partial charge in [-0.2, -0.15) is 0 Å². The maximum absolute atomic E-state index is 12.3. The van der Waals surface area contributed by atoms with Gasteiger partial charge in [-0.3, -0.25) is 29.4 Å². The zero-order valence-corrected chi connectivity index (χ0v) is 15.0. The number of ether oxygens (including phenoxy) is 1. The van der Waals surface area contributed by atoms with E-state index in [0.29, 0.717) is 17.9 Å². The van der Waals surface area contributed by atoms with Crippen molar-refractivity contribution in [2.24, 2.45) is 0 Å². The molecule has 28 heavy (non-hydrogen) atoms. The van der Waals surface area contributed by atoms with Crippen LogP contribution in [0.3, 0.4) is 0 Å². The molecule has 1 heterocycles. The minimum absolute atomic E-state index is 0.0626. The lowest BCUT2D eigenvalue weighted by Gasteiger charge is -2.11. The maximum Gasteiger partial charge on any atom is 0.272 e. The Balaban J connectivity index is 1.73. The quantitative estimate of drug-likeness (QED) is 0.504. The van der Waals surface area contributed by atoms with Gasteiger partial charge in [0.15, 0.2) is 0 Å². The van der Waals surface area contributed by atoms with E-state index in [1.807, 2.05) is 0 Å². The summed E-state index contributed by atoms with van der Waals surface area (Å²) in [6, 6.07) is 11.2. The number of carbonyl (C=O) groups excluding carboxylic acids is 2. The molecule has 0 aliphatic heterocycles. The van der Waals surface area contributed by atoms with Crippen LogP contribution in [0.1, 0.15) is 17.3 Å². The van der Waals surface area contributed by atoms with Gasteiger partial charge < -0.3 is 15.4 Å². The summed E-state index contributed by atoms with van der Waals surface area (Å²) >= 11 is 0. The van der Waals surface area contributed by atoms with Gasteiger partial charge in [0, 0.05) is 0 Å². The molecule has 3 aromatic rings.